The molecule has 1 heteroatoms. The molecule has 0 unspecified atom stereocenters. The maximum absolute atomic E-state index is 12.8. The first-order valence-electron chi connectivity index (χ1n) is 8.68. The van der Waals surface area contributed by atoms with Gasteiger partial charge in [0.1, 0.15) is 5.78 Å². The second-order valence-electron chi connectivity index (χ2n) is 8.58. The summed E-state index contributed by atoms with van der Waals surface area (Å²) in [5.74, 6) is 1.26. The van der Waals surface area contributed by atoms with E-state index in [2.05, 4.69) is 58.0 Å². The summed E-state index contributed by atoms with van der Waals surface area (Å²) in [6, 6.07) is 8.63. The van der Waals surface area contributed by atoms with Crippen LogP contribution in [-0.2, 0) is 4.79 Å². The molecule has 4 atom stereocenters. The van der Waals surface area contributed by atoms with Gasteiger partial charge in [-0.1, -0.05) is 68.7 Å². The fourth-order valence-electron chi connectivity index (χ4n) is 5.63. The predicted octanol–water partition coefficient (Wildman–Crippen LogP) is 5.05. The van der Waals surface area contributed by atoms with Gasteiger partial charge in [0.05, 0.1) is 0 Å². The van der Waals surface area contributed by atoms with Crippen LogP contribution in [-0.4, -0.2) is 5.78 Å². The van der Waals surface area contributed by atoms with Crippen molar-refractivity contribution in [1.82, 2.24) is 0 Å². The molecule has 0 bridgehead atoms. The van der Waals surface area contributed by atoms with Crippen LogP contribution in [0.15, 0.2) is 35.9 Å². The van der Waals surface area contributed by atoms with Crippen LogP contribution < -0.4 is 0 Å². The first kappa shape index (κ1) is 14.2. The highest BCUT2D eigenvalue weighted by atomic mass is 16.1. The van der Waals surface area contributed by atoms with Gasteiger partial charge >= 0.3 is 0 Å². The van der Waals surface area contributed by atoms with Gasteiger partial charge in [0.15, 0.2) is 0 Å². The molecule has 0 spiro atoms. The zero-order valence-corrected chi connectivity index (χ0v) is 14.1. The quantitative estimate of drug-likeness (QED) is 0.662. The molecule has 3 aliphatic carbocycles. The topological polar surface area (TPSA) is 17.1 Å². The van der Waals surface area contributed by atoms with Gasteiger partial charge in [-0.05, 0) is 42.1 Å². The number of Topliss-reactive ketones (excluding diaryl/α,β-unsaturated/α-hetero) is 1. The van der Waals surface area contributed by atoms with E-state index in [9.17, 15) is 4.79 Å². The Bertz CT molecular complexity index is 664. The number of hydrogen-bond donors (Lipinski definition) is 0. The van der Waals surface area contributed by atoms with Gasteiger partial charge in [-0.3, -0.25) is 4.79 Å². The molecule has 4 rings (SSSR count). The molecule has 0 aromatic heterocycles. The Morgan fingerprint density at radius 1 is 1.05 bits per heavy atom. The summed E-state index contributed by atoms with van der Waals surface area (Å²) < 4.78 is 0. The van der Waals surface area contributed by atoms with E-state index >= 15 is 0 Å². The Balaban J connectivity index is 1.74. The Hall–Kier alpha value is -1.37. The van der Waals surface area contributed by atoms with Crippen LogP contribution in [0.25, 0.3) is 0 Å². The van der Waals surface area contributed by atoms with Crippen LogP contribution in [0.1, 0.15) is 57.1 Å². The van der Waals surface area contributed by atoms with Gasteiger partial charge in [-0.25, -0.2) is 0 Å². The van der Waals surface area contributed by atoms with Crippen molar-refractivity contribution < 1.29 is 4.79 Å². The van der Waals surface area contributed by atoms with Gasteiger partial charge in [0.25, 0.3) is 0 Å². The van der Waals surface area contributed by atoms with E-state index < -0.39 is 0 Å². The summed E-state index contributed by atoms with van der Waals surface area (Å²) in [7, 11) is 0. The molecule has 3 aliphatic rings. The fraction of sp³-hybridized carbons (Fsp3) is 0.571. The Morgan fingerprint density at radius 2 is 1.73 bits per heavy atom. The average molecular weight is 294 g/mol. The molecule has 0 amide bonds. The van der Waals surface area contributed by atoms with Crippen molar-refractivity contribution >= 4 is 5.78 Å². The lowest BCUT2D eigenvalue weighted by atomic mass is 9.50. The van der Waals surface area contributed by atoms with E-state index in [0.29, 0.717) is 11.7 Å². The van der Waals surface area contributed by atoms with Crippen LogP contribution in [0, 0.1) is 29.6 Å². The molecule has 0 radical (unpaired) electrons. The maximum Gasteiger partial charge on any atom is 0.147 e. The van der Waals surface area contributed by atoms with Gasteiger partial charge in [0, 0.05) is 11.8 Å². The minimum Gasteiger partial charge on any atom is -0.298 e. The first-order valence-corrected chi connectivity index (χ1v) is 8.68. The number of rotatable bonds is 1. The van der Waals surface area contributed by atoms with Crippen molar-refractivity contribution in [1.29, 1.82) is 0 Å². The third-order valence-corrected chi connectivity index (χ3v) is 6.74. The largest absolute Gasteiger partial charge is 0.298 e. The molecule has 22 heavy (non-hydrogen) atoms. The molecular formula is C21H26O. The highest BCUT2D eigenvalue weighted by Crippen LogP contribution is 2.68. The normalized spacial score (nSPS) is 38.8. The van der Waals surface area contributed by atoms with Gasteiger partial charge in [0.2, 0.25) is 0 Å². The van der Waals surface area contributed by atoms with E-state index in [1.807, 2.05) is 0 Å². The number of carbonyl (C=O) groups excluding carboxylic acids is 1. The molecule has 2 saturated carbocycles. The van der Waals surface area contributed by atoms with E-state index in [-0.39, 0.29) is 22.7 Å². The summed E-state index contributed by atoms with van der Waals surface area (Å²) in [5.41, 5.74) is 4.57. The van der Waals surface area contributed by atoms with Crippen LogP contribution in [0.4, 0.5) is 0 Å². The average Bonchev–Trinajstić information content (AvgIpc) is 2.72. The molecule has 0 saturated heterocycles. The third-order valence-electron chi connectivity index (χ3n) is 6.74. The SMILES string of the molecule is Cc1ccc([C@H]2C(=O)[C@@H]3C=C4C(C)(C)CCC[C@]4(C)[C@H]23)cc1. The van der Waals surface area contributed by atoms with Crippen molar-refractivity contribution in [3.8, 4) is 0 Å². The minimum atomic E-state index is 0.123. The van der Waals surface area contributed by atoms with Crippen molar-refractivity contribution in [2.24, 2.45) is 22.7 Å². The van der Waals surface area contributed by atoms with Crippen LogP contribution in [0.2, 0.25) is 0 Å². The zero-order chi connectivity index (χ0) is 15.7. The van der Waals surface area contributed by atoms with Crippen molar-refractivity contribution in [3.63, 3.8) is 0 Å². The molecule has 0 N–H and O–H groups in total. The van der Waals surface area contributed by atoms with Crippen molar-refractivity contribution in [2.45, 2.75) is 52.9 Å². The standard InChI is InChI=1S/C21H26O/c1-13-6-8-14(9-7-13)17-18-15(19(17)22)12-16-20(2,3)10-5-11-21(16,18)4/h6-9,12,15,17-18H,5,10-11H2,1-4H3/t15-,17-,18+,21+/m1/s1. The summed E-state index contributed by atoms with van der Waals surface area (Å²) in [4.78, 5) is 12.8. The molecule has 2 fully saturated rings. The second-order valence-corrected chi connectivity index (χ2v) is 8.58. The zero-order valence-electron chi connectivity index (χ0n) is 14.1. The lowest BCUT2D eigenvalue weighted by Gasteiger charge is -2.52. The number of allylic oxidation sites excluding steroid dienone is 2. The van der Waals surface area contributed by atoms with E-state index in [0.717, 1.165) is 0 Å². The van der Waals surface area contributed by atoms with Crippen LogP contribution >= 0.6 is 0 Å². The fourth-order valence-corrected chi connectivity index (χ4v) is 5.63. The maximum atomic E-state index is 12.8. The molecule has 0 heterocycles. The second kappa shape index (κ2) is 4.34. The Morgan fingerprint density at radius 3 is 2.41 bits per heavy atom. The molecule has 0 aliphatic heterocycles. The smallest absolute Gasteiger partial charge is 0.147 e. The summed E-state index contributed by atoms with van der Waals surface area (Å²) in [6.45, 7) is 9.27. The van der Waals surface area contributed by atoms with Crippen LogP contribution in [0.3, 0.4) is 0 Å². The van der Waals surface area contributed by atoms with E-state index in [1.165, 1.54) is 30.4 Å². The van der Waals surface area contributed by atoms with Gasteiger partial charge < -0.3 is 0 Å². The van der Waals surface area contributed by atoms with Gasteiger partial charge in [-0.15, -0.1) is 0 Å². The van der Waals surface area contributed by atoms with Crippen molar-refractivity contribution in [2.75, 3.05) is 0 Å². The number of ketones is 1. The lowest BCUT2D eigenvalue weighted by molar-refractivity contribution is -0.138. The Labute approximate surface area is 133 Å². The Kier molecular flexibility index (Phi) is 2.81. The minimum absolute atomic E-state index is 0.123. The van der Waals surface area contributed by atoms with Crippen LogP contribution in [0.5, 0.6) is 0 Å². The monoisotopic (exact) mass is 294 g/mol. The predicted molar refractivity (Wildman–Crippen MR) is 89.7 cm³/mol. The number of benzene rings is 1. The highest BCUT2D eigenvalue weighted by molar-refractivity contribution is 5.97. The summed E-state index contributed by atoms with van der Waals surface area (Å²) >= 11 is 0. The molecule has 1 aromatic carbocycles. The number of hydrogen-bond acceptors (Lipinski definition) is 1. The number of aryl methyl sites for hydroxylation is 1. The molecule has 1 nitrogen and oxygen atoms in total. The number of carbonyl (C=O) groups is 1. The summed E-state index contributed by atoms with van der Waals surface area (Å²) in [6.07, 6.45) is 6.16. The molecular weight excluding hydrogens is 268 g/mol. The number of fused-ring (bicyclic) bond motifs is 3. The summed E-state index contributed by atoms with van der Waals surface area (Å²) in [5, 5.41) is 0. The van der Waals surface area contributed by atoms with E-state index in [1.54, 1.807) is 5.57 Å². The van der Waals surface area contributed by atoms with Crippen molar-refractivity contribution in [3.05, 3.63) is 47.0 Å². The lowest BCUT2D eigenvalue weighted by Crippen LogP contribution is -2.50. The first-order chi connectivity index (χ1) is 10.3. The van der Waals surface area contributed by atoms with E-state index in [4.69, 9.17) is 0 Å². The van der Waals surface area contributed by atoms with Gasteiger partial charge in [-0.2, -0.15) is 0 Å². The third kappa shape index (κ3) is 1.68. The highest BCUT2D eigenvalue weighted by Gasteiger charge is 2.64. The molecule has 1 aromatic rings. The molecule has 116 valence electrons.